The highest BCUT2D eigenvalue weighted by atomic mass is 16.5. The zero-order chi connectivity index (χ0) is 68.8. The van der Waals surface area contributed by atoms with Gasteiger partial charge in [0.25, 0.3) is 0 Å². The van der Waals surface area contributed by atoms with E-state index in [1.54, 1.807) is 0 Å². The molecule has 0 saturated carbocycles. The van der Waals surface area contributed by atoms with Crippen LogP contribution in [0.1, 0.15) is 475 Å². The number of aliphatic hydroxyl groups excluding tert-OH is 1. The lowest BCUT2D eigenvalue weighted by molar-refractivity contribution is -0.0420. The molecule has 0 spiro atoms. The van der Waals surface area contributed by atoms with E-state index in [4.69, 9.17) is 4.42 Å². The molecule has 0 amide bonds. The Balaban J connectivity index is 1.48. The summed E-state index contributed by atoms with van der Waals surface area (Å²) in [6, 6.07) is 22.1. The summed E-state index contributed by atoms with van der Waals surface area (Å²) >= 11 is 0. The molecule has 2 aromatic rings. The molecule has 1 aliphatic carbocycles. The molecule has 4 heteroatoms. The van der Waals surface area contributed by atoms with Gasteiger partial charge < -0.3 is 14.6 Å². The summed E-state index contributed by atoms with van der Waals surface area (Å²) in [6.45, 7) is 11.4. The Bertz CT molecular complexity index is 2320. The summed E-state index contributed by atoms with van der Waals surface area (Å²) in [5, 5.41) is 24.2. The average Bonchev–Trinajstić information content (AvgIpc) is 0.749. The monoisotopic (exact) mass is 1340 g/mol. The molecule has 0 saturated heterocycles. The fourth-order valence-electron chi connectivity index (χ4n) is 16.0. The van der Waals surface area contributed by atoms with Crippen molar-refractivity contribution in [2.45, 2.75) is 464 Å². The van der Waals surface area contributed by atoms with Crippen molar-refractivity contribution in [1.82, 2.24) is 4.58 Å². The minimum atomic E-state index is -1.57. The summed E-state index contributed by atoms with van der Waals surface area (Å²) in [4.78, 5) is 0. The van der Waals surface area contributed by atoms with Gasteiger partial charge in [-0.15, -0.1) is 0 Å². The summed E-state index contributed by atoms with van der Waals surface area (Å²) in [7, 11) is 0. The second-order valence-electron chi connectivity index (χ2n) is 31.3. The van der Waals surface area contributed by atoms with Gasteiger partial charge in [0, 0.05) is 41.0 Å². The van der Waals surface area contributed by atoms with Crippen molar-refractivity contribution in [2.75, 3.05) is 13.1 Å². The van der Waals surface area contributed by atoms with E-state index in [2.05, 4.69) is 80.8 Å². The highest BCUT2D eigenvalue weighted by Crippen LogP contribution is 2.43. The van der Waals surface area contributed by atoms with Crippen LogP contribution in [-0.4, -0.2) is 23.3 Å². The predicted molar refractivity (Wildman–Crippen MR) is 431 cm³/mol. The summed E-state index contributed by atoms with van der Waals surface area (Å²) in [5.74, 6) is 1.40. The van der Waals surface area contributed by atoms with Crippen molar-refractivity contribution < 1.29 is 14.6 Å². The third kappa shape index (κ3) is 42.9. The Kier molecular flexibility index (Phi) is 56.0. The third-order valence-electron chi connectivity index (χ3n) is 22.4. The van der Waals surface area contributed by atoms with Gasteiger partial charge in [0.15, 0.2) is 6.29 Å². The number of unbranched alkanes of at least 4 members (excludes halogenated alkanes) is 60. The lowest BCUT2D eigenvalue weighted by Gasteiger charge is -2.21. The first kappa shape index (κ1) is 86.5. The number of rotatable bonds is 71. The van der Waals surface area contributed by atoms with Gasteiger partial charge in [-0.25, -0.2) is 4.58 Å². The standard InChI is InChI=1S/C93H162NO3/c1-5-9-13-17-21-25-29-33-37-41-45-49-53-57-61-65-71-83(72-66-62-58-54-50-46-42-38-34-30-26-22-18-14-10-6-2)84-75-77-88-90(81-84)97-91-82-85(76-78-89(91)92(88)86-73-67-68-74-87(86)93(95)96)94(79-69-63-59-55-51-47-43-39-35-31-27-23-19-15-11-7-3)80-70-64-60-56-52-48-44-40-36-32-28-24-20-16-12-8-4/h67-68,73-78,81-83,93,95-96H,5-66,69-72,79-80H2,1-4H3/q+1. The van der Waals surface area contributed by atoms with E-state index >= 15 is 0 Å². The number of hydrogen-bond donors (Lipinski definition) is 2. The van der Waals surface area contributed by atoms with Crippen molar-refractivity contribution >= 4 is 11.0 Å². The quantitative estimate of drug-likeness (QED) is 0.0200. The number of nitrogens with zero attached hydrogens (tertiary/aromatic N) is 1. The van der Waals surface area contributed by atoms with Crippen LogP contribution in [0.3, 0.4) is 0 Å². The highest BCUT2D eigenvalue weighted by Gasteiger charge is 2.24. The van der Waals surface area contributed by atoms with Crippen LogP contribution in [0.4, 0.5) is 0 Å². The van der Waals surface area contributed by atoms with Gasteiger partial charge in [0.1, 0.15) is 24.4 Å². The van der Waals surface area contributed by atoms with Crippen LogP contribution in [0.25, 0.3) is 33.4 Å². The minimum Gasteiger partial charge on any atom is -0.456 e. The molecule has 0 fully saturated rings. The molecule has 4 nitrogen and oxygen atoms in total. The minimum absolute atomic E-state index is 0.504. The lowest BCUT2D eigenvalue weighted by atomic mass is 9.86. The first-order valence-electron chi connectivity index (χ1n) is 44.1. The number of benzene rings is 3. The molecule has 0 unspecified atom stereocenters. The molecule has 0 bridgehead atoms. The Morgan fingerprint density at radius 1 is 0.299 bits per heavy atom. The fourth-order valence-corrected chi connectivity index (χ4v) is 16.0. The predicted octanol–water partition coefficient (Wildman–Crippen LogP) is 30.9. The Morgan fingerprint density at radius 2 is 0.598 bits per heavy atom. The molecule has 2 N–H and O–H groups in total. The van der Waals surface area contributed by atoms with Crippen LogP contribution in [-0.2, 0) is 0 Å². The maximum Gasteiger partial charge on any atom is 0.203 e. The topological polar surface area (TPSA) is 56.6 Å². The first-order valence-corrected chi connectivity index (χ1v) is 44.1. The maximum absolute atomic E-state index is 10.9. The van der Waals surface area contributed by atoms with Crippen molar-refractivity contribution in [1.29, 1.82) is 0 Å². The smallest absolute Gasteiger partial charge is 0.203 e. The number of hydrogen-bond acceptors (Lipinski definition) is 3. The summed E-state index contributed by atoms with van der Waals surface area (Å²) < 4.78 is 9.97. The number of fused-ring (bicyclic) bond motifs is 2. The van der Waals surface area contributed by atoms with Gasteiger partial charge in [0.05, 0.1) is 6.07 Å². The molecule has 1 aliphatic heterocycles. The van der Waals surface area contributed by atoms with Crippen molar-refractivity contribution in [3.8, 4) is 22.5 Å². The fraction of sp³-hybridized carbons (Fsp3) is 0.796. The Hall–Kier alpha value is -2.95. The van der Waals surface area contributed by atoms with E-state index in [9.17, 15) is 10.2 Å². The van der Waals surface area contributed by atoms with Crippen molar-refractivity contribution in [2.24, 2.45) is 0 Å². The lowest BCUT2D eigenvalue weighted by Crippen LogP contribution is -2.32. The molecule has 1 heterocycles. The van der Waals surface area contributed by atoms with Gasteiger partial charge in [-0.05, 0) is 54.9 Å². The maximum atomic E-state index is 10.9. The van der Waals surface area contributed by atoms with Crippen LogP contribution >= 0.6 is 0 Å². The zero-order valence-electron chi connectivity index (χ0n) is 65.3. The van der Waals surface area contributed by atoms with E-state index in [-0.39, 0.29) is 0 Å². The van der Waals surface area contributed by atoms with Crippen LogP contribution in [0.5, 0.6) is 0 Å². The molecular weight excluding hydrogens is 1180 g/mol. The van der Waals surface area contributed by atoms with Crippen LogP contribution in [0.2, 0.25) is 0 Å². The van der Waals surface area contributed by atoms with Crippen LogP contribution < -0.4 is 9.93 Å². The van der Waals surface area contributed by atoms with Crippen LogP contribution in [0, 0.1) is 0 Å². The SMILES string of the molecule is CCCCCCCCCCCCCCCCCCC(CCCCCCCCCCCCCCCCCC)c1ccc2c(-c3ccccc3C(O)O)c3ccc(=[N+](CCCCCCCCCCCCCCCCCC)CCCCCCCCCCCCCCCCCC)cc-3oc2c1. The van der Waals surface area contributed by atoms with Gasteiger partial charge in [-0.2, -0.15) is 0 Å². The zero-order valence-corrected chi connectivity index (χ0v) is 65.3. The van der Waals surface area contributed by atoms with E-state index in [0.717, 1.165) is 46.5 Å². The van der Waals surface area contributed by atoms with E-state index in [1.807, 2.05) is 12.1 Å². The van der Waals surface area contributed by atoms with E-state index in [1.165, 1.54) is 435 Å². The largest absolute Gasteiger partial charge is 0.456 e. The van der Waals surface area contributed by atoms with Crippen molar-refractivity contribution in [3.63, 3.8) is 0 Å². The molecule has 0 atom stereocenters. The van der Waals surface area contributed by atoms with Gasteiger partial charge in [0.2, 0.25) is 5.36 Å². The van der Waals surface area contributed by atoms with Gasteiger partial charge in [-0.1, -0.05) is 449 Å². The molecule has 0 aromatic heterocycles. The number of aliphatic hydroxyl groups is 2. The third-order valence-corrected chi connectivity index (χ3v) is 22.4. The molecule has 556 valence electrons. The molecular formula is C93H162NO3+. The second kappa shape index (κ2) is 62.8. The summed E-state index contributed by atoms with van der Waals surface area (Å²) in [5.41, 5.74) is 5.85. The van der Waals surface area contributed by atoms with E-state index < -0.39 is 6.29 Å². The van der Waals surface area contributed by atoms with Crippen LogP contribution in [0.15, 0.2) is 65.1 Å². The normalized spacial score (nSPS) is 11.9. The molecule has 0 radical (unpaired) electrons. The molecule has 2 aliphatic rings. The van der Waals surface area contributed by atoms with E-state index in [0.29, 0.717) is 11.5 Å². The van der Waals surface area contributed by atoms with Crippen molar-refractivity contribution in [3.05, 3.63) is 77.1 Å². The molecule has 2 aromatic carbocycles. The Morgan fingerprint density at radius 3 is 0.918 bits per heavy atom. The first-order chi connectivity index (χ1) is 48.0. The average molecular weight is 1340 g/mol. The highest BCUT2D eigenvalue weighted by molar-refractivity contribution is 6.02. The Labute approximate surface area is 603 Å². The van der Waals surface area contributed by atoms with Gasteiger partial charge >= 0.3 is 0 Å². The van der Waals surface area contributed by atoms with Gasteiger partial charge in [-0.3, -0.25) is 0 Å². The molecule has 97 heavy (non-hydrogen) atoms. The molecule has 4 rings (SSSR count). The second-order valence-corrected chi connectivity index (χ2v) is 31.3. The summed E-state index contributed by atoms with van der Waals surface area (Å²) in [6.07, 6.45) is 90.3.